The van der Waals surface area contributed by atoms with E-state index in [2.05, 4.69) is 17.9 Å². The summed E-state index contributed by atoms with van der Waals surface area (Å²) in [4.78, 5) is 13.9. The molecule has 2 saturated carbocycles. The van der Waals surface area contributed by atoms with Crippen molar-refractivity contribution in [3.05, 3.63) is 12.2 Å². The molecule has 4 aliphatic rings. The molecule has 0 bridgehead atoms. The Morgan fingerprint density at radius 3 is 2.64 bits per heavy atom. The first-order valence-electron chi connectivity index (χ1n) is 11.4. The Morgan fingerprint density at radius 2 is 1.93 bits per heavy atom. The first-order chi connectivity index (χ1) is 13.4. The van der Waals surface area contributed by atoms with Gasteiger partial charge in [-0.3, -0.25) is 9.69 Å². The second kappa shape index (κ2) is 8.08. The molecule has 28 heavy (non-hydrogen) atoms. The molecule has 0 aromatic heterocycles. The highest BCUT2D eigenvalue weighted by Crippen LogP contribution is 2.49. The zero-order chi connectivity index (χ0) is 19.9. The number of hydrogen-bond acceptors (Lipinski definition) is 4. The number of nitrogens with zero attached hydrogens (tertiary/aromatic N) is 1. The van der Waals surface area contributed by atoms with Crippen LogP contribution >= 0.6 is 0 Å². The summed E-state index contributed by atoms with van der Waals surface area (Å²) in [6.07, 6.45) is 14.6. The van der Waals surface area contributed by atoms with Gasteiger partial charge >= 0.3 is 5.97 Å². The van der Waals surface area contributed by atoms with Gasteiger partial charge in [0.15, 0.2) is 0 Å². The molecule has 0 aromatic rings. The summed E-state index contributed by atoms with van der Waals surface area (Å²) < 4.78 is 0. The van der Waals surface area contributed by atoms with E-state index in [1.54, 1.807) is 0 Å². The zero-order valence-corrected chi connectivity index (χ0v) is 17.2. The van der Waals surface area contributed by atoms with Crippen molar-refractivity contribution < 1.29 is 20.1 Å². The van der Waals surface area contributed by atoms with Gasteiger partial charge in [0.1, 0.15) is 6.04 Å². The molecule has 158 valence electrons. The van der Waals surface area contributed by atoms with Crippen LogP contribution in [-0.4, -0.2) is 56.5 Å². The Bertz CT molecular complexity index is 599. The first-order valence-corrected chi connectivity index (χ1v) is 11.4. The maximum absolute atomic E-state index is 11.7. The number of piperidine rings is 1. The molecule has 0 aromatic carbocycles. The third-order valence-electron chi connectivity index (χ3n) is 8.24. The predicted octanol–water partition coefficient (Wildman–Crippen LogP) is 3.34. The molecule has 2 saturated heterocycles. The third kappa shape index (κ3) is 3.90. The van der Waals surface area contributed by atoms with Gasteiger partial charge in [0.2, 0.25) is 0 Å². The highest BCUT2D eigenvalue weighted by Gasteiger charge is 2.55. The fraction of sp³-hybridized carbons (Fsp3) is 0.870. The molecule has 0 radical (unpaired) electrons. The van der Waals surface area contributed by atoms with Gasteiger partial charge in [0, 0.05) is 18.0 Å². The van der Waals surface area contributed by atoms with Gasteiger partial charge in [-0.2, -0.15) is 0 Å². The van der Waals surface area contributed by atoms with Crippen molar-refractivity contribution in [3.8, 4) is 0 Å². The van der Waals surface area contributed by atoms with Crippen molar-refractivity contribution in [2.24, 2.45) is 17.3 Å². The van der Waals surface area contributed by atoms with Crippen molar-refractivity contribution >= 4 is 5.97 Å². The minimum Gasteiger partial charge on any atom is -0.480 e. The van der Waals surface area contributed by atoms with Crippen LogP contribution in [0.15, 0.2) is 12.2 Å². The van der Waals surface area contributed by atoms with Crippen LogP contribution in [0.3, 0.4) is 0 Å². The van der Waals surface area contributed by atoms with E-state index in [0.717, 1.165) is 32.1 Å². The molecule has 4 rings (SSSR count). The molecule has 4 fully saturated rings. The molecule has 0 spiro atoms. The monoisotopic (exact) mass is 391 g/mol. The molecular weight excluding hydrogens is 354 g/mol. The topological polar surface area (TPSA) is 81.0 Å². The van der Waals surface area contributed by atoms with Crippen LogP contribution < -0.4 is 0 Å². The molecule has 2 aliphatic heterocycles. The minimum absolute atomic E-state index is 0.0406. The molecule has 3 N–H and O–H groups in total. The van der Waals surface area contributed by atoms with E-state index in [4.69, 9.17) is 0 Å². The fourth-order valence-electron chi connectivity index (χ4n) is 6.89. The number of fused-ring (bicyclic) bond motifs is 3. The molecule has 2 aliphatic carbocycles. The van der Waals surface area contributed by atoms with Crippen LogP contribution in [0.5, 0.6) is 0 Å². The quantitative estimate of drug-likeness (QED) is 0.626. The largest absolute Gasteiger partial charge is 0.480 e. The van der Waals surface area contributed by atoms with Gasteiger partial charge in [-0.1, -0.05) is 38.3 Å². The number of aliphatic carboxylic acids is 1. The Balaban J connectivity index is 1.41. The average Bonchev–Trinajstić information content (AvgIpc) is 3.14. The van der Waals surface area contributed by atoms with E-state index in [9.17, 15) is 20.1 Å². The van der Waals surface area contributed by atoms with E-state index < -0.39 is 18.2 Å². The normalized spacial score (nSPS) is 41.7. The smallest absolute Gasteiger partial charge is 0.320 e. The summed E-state index contributed by atoms with van der Waals surface area (Å²) in [5, 5.41) is 30.9. The maximum Gasteiger partial charge on any atom is 0.320 e. The van der Waals surface area contributed by atoms with Gasteiger partial charge in [-0.05, 0) is 62.7 Å². The number of rotatable bonds is 5. The highest BCUT2D eigenvalue weighted by atomic mass is 16.4. The van der Waals surface area contributed by atoms with E-state index in [1.807, 2.05) is 6.08 Å². The minimum atomic E-state index is -0.713. The van der Waals surface area contributed by atoms with Gasteiger partial charge in [-0.25, -0.2) is 0 Å². The Morgan fingerprint density at radius 1 is 1.18 bits per heavy atom. The summed E-state index contributed by atoms with van der Waals surface area (Å²) in [5.74, 6) is -0.359. The first kappa shape index (κ1) is 20.4. The number of aliphatic hydroxyl groups excluding tert-OH is 2. The van der Waals surface area contributed by atoms with Crippen molar-refractivity contribution in [3.63, 3.8) is 0 Å². The standard InChI is InChI=1S/C23H37NO4/c1-23(10-3-2-4-11-23)14-16(25)8-9-17-18-12-15-6-5-7-19(22(27)28)24(15)20(18)13-21(17)26/h8-9,15-21,25-26H,2-7,10-14H2,1H3,(H,27,28)/b9-8+/t15?,16-,17+,18+,19?,20+,21+/m0/s1. The van der Waals surface area contributed by atoms with E-state index >= 15 is 0 Å². The molecular formula is C23H37NO4. The Hall–Kier alpha value is -0.910. The van der Waals surface area contributed by atoms with Crippen LogP contribution in [0.25, 0.3) is 0 Å². The Kier molecular flexibility index (Phi) is 5.88. The Labute approximate surface area is 168 Å². The van der Waals surface area contributed by atoms with Crippen LogP contribution in [0.1, 0.15) is 77.6 Å². The van der Waals surface area contributed by atoms with Gasteiger partial charge in [-0.15, -0.1) is 0 Å². The molecule has 0 amide bonds. The van der Waals surface area contributed by atoms with Gasteiger partial charge in [0.05, 0.1) is 12.2 Å². The summed E-state index contributed by atoms with van der Waals surface area (Å²) in [6.45, 7) is 2.30. The molecule has 2 unspecified atom stereocenters. The second-order valence-corrected chi connectivity index (χ2v) is 10.3. The van der Waals surface area contributed by atoms with Crippen LogP contribution in [-0.2, 0) is 4.79 Å². The van der Waals surface area contributed by atoms with Gasteiger partial charge < -0.3 is 15.3 Å². The second-order valence-electron chi connectivity index (χ2n) is 10.3. The predicted molar refractivity (Wildman–Crippen MR) is 108 cm³/mol. The lowest BCUT2D eigenvalue weighted by molar-refractivity contribution is -0.146. The summed E-state index contributed by atoms with van der Waals surface area (Å²) >= 11 is 0. The number of carboxylic acid groups (broad SMARTS) is 1. The van der Waals surface area contributed by atoms with E-state index in [1.165, 1.54) is 32.1 Å². The van der Waals surface area contributed by atoms with Crippen molar-refractivity contribution in [2.45, 2.75) is 108 Å². The number of hydrogen-bond donors (Lipinski definition) is 3. The zero-order valence-electron chi connectivity index (χ0n) is 17.2. The molecule has 5 nitrogen and oxygen atoms in total. The van der Waals surface area contributed by atoms with Crippen molar-refractivity contribution in [1.82, 2.24) is 4.90 Å². The van der Waals surface area contributed by atoms with E-state index in [-0.39, 0.29) is 23.4 Å². The van der Waals surface area contributed by atoms with Gasteiger partial charge in [0.25, 0.3) is 0 Å². The number of aliphatic hydroxyl groups is 2. The summed E-state index contributed by atoms with van der Waals surface area (Å²) in [5.41, 5.74) is 0.238. The number of carboxylic acids is 1. The SMILES string of the molecule is CC1(C[C@@H](O)/C=C/[C@@H]2[C@H]3CC4CCCC(C(=O)O)N4[C@@H]3C[C@H]2O)CCCCC1. The molecule has 5 heteroatoms. The number of carbonyl (C=O) groups is 1. The summed E-state index contributed by atoms with van der Waals surface area (Å²) in [7, 11) is 0. The molecule has 7 atom stereocenters. The van der Waals surface area contributed by atoms with E-state index in [0.29, 0.717) is 18.4 Å². The third-order valence-corrected chi connectivity index (χ3v) is 8.24. The van der Waals surface area contributed by atoms with Crippen molar-refractivity contribution in [2.75, 3.05) is 0 Å². The lowest BCUT2D eigenvalue weighted by Crippen LogP contribution is -2.51. The average molecular weight is 392 g/mol. The lowest BCUT2D eigenvalue weighted by Gasteiger charge is -2.38. The lowest BCUT2D eigenvalue weighted by atomic mass is 9.72. The summed E-state index contributed by atoms with van der Waals surface area (Å²) in [6, 6.07) is 0.129. The fourth-order valence-corrected chi connectivity index (χ4v) is 6.89. The van der Waals surface area contributed by atoms with Crippen LogP contribution in [0.2, 0.25) is 0 Å². The highest BCUT2D eigenvalue weighted by molar-refractivity contribution is 5.73. The molecule has 2 heterocycles. The van der Waals surface area contributed by atoms with Crippen LogP contribution in [0.4, 0.5) is 0 Å². The maximum atomic E-state index is 11.7. The van der Waals surface area contributed by atoms with Crippen molar-refractivity contribution in [1.29, 1.82) is 0 Å². The van der Waals surface area contributed by atoms with Crippen LogP contribution in [0, 0.1) is 17.3 Å².